The molecular formula is C13H15N3O3. The molecule has 1 amide bonds. The highest BCUT2D eigenvalue weighted by atomic mass is 16.6. The van der Waals surface area contributed by atoms with Crippen molar-refractivity contribution < 1.29 is 9.63 Å². The van der Waals surface area contributed by atoms with Crippen molar-refractivity contribution in [1.29, 1.82) is 0 Å². The van der Waals surface area contributed by atoms with E-state index in [2.05, 4.69) is 10.5 Å². The summed E-state index contributed by atoms with van der Waals surface area (Å²) in [6, 6.07) is 7.12. The van der Waals surface area contributed by atoms with Gasteiger partial charge in [0.1, 0.15) is 0 Å². The van der Waals surface area contributed by atoms with Gasteiger partial charge in [-0.1, -0.05) is 12.1 Å². The van der Waals surface area contributed by atoms with E-state index in [0.29, 0.717) is 17.5 Å². The Morgan fingerprint density at radius 1 is 1.42 bits per heavy atom. The van der Waals surface area contributed by atoms with Crippen LogP contribution in [0.1, 0.15) is 13.3 Å². The Balaban J connectivity index is 2.11. The smallest absolute Gasteiger partial charge is 0.261 e. The van der Waals surface area contributed by atoms with Crippen molar-refractivity contribution in [3.63, 3.8) is 0 Å². The predicted molar refractivity (Wildman–Crippen MR) is 70.4 cm³/mol. The van der Waals surface area contributed by atoms with Crippen molar-refractivity contribution in [3.05, 3.63) is 40.9 Å². The van der Waals surface area contributed by atoms with Crippen LogP contribution >= 0.6 is 0 Å². The monoisotopic (exact) mass is 261 g/mol. The number of hydrogen-bond donors (Lipinski definition) is 1. The summed E-state index contributed by atoms with van der Waals surface area (Å²) in [4.78, 5) is 32.5. The first-order valence-corrected chi connectivity index (χ1v) is 6.07. The van der Waals surface area contributed by atoms with Crippen LogP contribution in [-0.2, 0) is 16.2 Å². The second-order valence-corrected chi connectivity index (χ2v) is 3.97. The largest absolute Gasteiger partial charge is 0.298 e. The van der Waals surface area contributed by atoms with Crippen molar-refractivity contribution in [2.24, 2.45) is 0 Å². The molecule has 1 N–H and O–H groups in total. The molecule has 1 aromatic carbocycles. The van der Waals surface area contributed by atoms with E-state index in [1.807, 2.05) is 6.07 Å². The fourth-order valence-corrected chi connectivity index (χ4v) is 1.69. The Labute approximate surface area is 110 Å². The minimum Gasteiger partial charge on any atom is -0.298 e. The van der Waals surface area contributed by atoms with Gasteiger partial charge in [-0.2, -0.15) is 0 Å². The molecule has 1 heterocycles. The van der Waals surface area contributed by atoms with Gasteiger partial charge in [-0.3, -0.25) is 19.0 Å². The molecule has 2 rings (SSSR count). The molecule has 100 valence electrons. The number of hydroxylamine groups is 1. The molecule has 0 radical (unpaired) electrons. The molecule has 0 aliphatic carbocycles. The maximum Gasteiger partial charge on any atom is 0.261 e. The molecule has 0 fully saturated rings. The molecule has 0 aliphatic heterocycles. The first kappa shape index (κ1) is 13.2. The molecule has 19 heavy (non-hydrogen) atoms. The van der Waals surface area contributed by atoms with Crippen molar-refractivity contribution >= 4 is 16.8 Å². The van der Waals surface area contributed by atoms with Crippen molar-refractivity contribution in [3.8, 4) is 0 Å². The number of benzene rings is 1. The number of nitrogens with zero attached hydrogens (tertiary/aromatic N) is 2. The van der Waals surface area contributed by atoms with E-state index in [1.54, 1.807) is 25.1 Å². The topological polar surface area (TPSA) is 73.2 Å². The quantitative estimate of drug-likeness (QED) is 0.810. The van der Waals surface area contributed by atoms with Gasteiger partial charge in [0, 0.05) is 13.0 Å². The lowest BCUT2D eigenvalue weighted by Gasteiger charge is -2.07. The molecule has 0 bridgehead atoms. The summed E-state index contributed by atoms with van der Waals surface area (Å²) >= 11 is 0. The number of nitrogens with one attached hydrogen (secondary N) is 1. The molecule has 0 aliphatic rings. The fourth-order valence-electron chi connectivity index (χ4n) is 1.69. The minimum absolute atomic E-state index is 0.144. The number of para-hydroxylation sites is 1. The highest BCUT2D eigenvalue weighted by Crippen LogP contribution is 2.04. The Morgan fingerprint density at radius 3 is 3.00 bits per heavy atom. The lowest BCUT2D eigenvalue weighted by molar-refractivity contribution is -0.133. The lowest BCUT2D eigenvalue weighted by atomic mass is 10.2. The van der Waals surface area contributed by atoms with Crippen LogP contribution in [0.2, 0.25) is 0 Å². The zero-order chi connectivity index (χ0) is 13.7. The number of amides is 1. The Kier molecular flexibility index (Phi) is 4.25. The van der Waals surface area contributed by atoms with E-state index in [0.717, 1.165) is 0 Å². The Hall–Kier alpha value is -2.21. The van der Waals surface area contributed by atoms with Gasteiger partial charge in [-0.05, 0) is 19.1 Å². The van der Waals surface area contributed by atoms with E-state index in [1.165, 1.54) is 10.9 Å². The molecule has 6 heteroatoms. The minimum atomic E-state index is -0.262. The van der Waals surface area contributed by atoms with E-state index in [-0.39, 0.29) is 24.4 Å². The first-order chi connectivity index (χ1) is 9.22. The average molecular weight is 261 g/mol. The first-order valence-electron chi connectivity index (χ1n) is 6.07. The van der Waals surface area contributed by atoms with E-state index < -0.39 is 0 Å². The number of aryl methyl sites for hydroxylation is 1. The Morgan fingerprint density at radius 2 is 2.21 bits per heavy atom. The van der Waals surface area contributed by atoms with Gasteiger partial charge in [0.2, 0.25) is 5.91 Å². The third-order valence-corrected chi connectivity index (χ3v) is 2.64. The lowest BCUT2D eigenvalue weighted by Crippen LogP contribution is -2.27. The second kappa shape index (κ2) is 6.10. The van der Waals surface area contributed by atoms with Gasteiger partial charge in [0.15, 0.2) is 0 Å². The molecule has 0 saturated heterocycles. The van der Waals surface area contributed by atoms with Crippen LogP contribution in [-0.4, -0.2) is 22.1 Å². The van der Waals surface area contributed by atoms with E-state index in [9.17, 15) is 9.59 Å². The van der Waals surface area contributed by atoms with Crippen LogP contribution in [0.3, 0.4) is 0 Å². The molecule has 0 unspecified atom stereocenters. The van der Waals surface area contributed by atoms with Crippen molar-refractivity contribution in [1.82, 2.24) is 15.0 Å². The molecule has 1 aromatic heterocycles. The molecule has 0 spiro atoms. The van der Waals surface area contributed by atoms with Crippen LogP contribution < -0.4 is 11.0 Å². The highest BCUT2D eigenvalue weighted by Gasteiger charge is 2.05. The van der Waals surface area contributed by atoms with Crippen molar-refractivity contribution in [2.45, 2.75) is 19.9 Å². The summed E-state index contributed by atoms with van der Waals surface area (Å²) in [5.41, 5.74) is 2.80. The molecule has 6 nitrogen and oxygen atoms in total. The number of hydrogen-bond acceptors (Lipinski definition) is 4. The summed E-state index contributed by atoms with van der Waals surface area (Å²) in [5.74, 6) is -0.262. The number of aromatic nitrogens is 2. The third kappa shape index (κ3) is 3.17. The maximum absolute atomic E-state index is 12.1. The molecule has 2 aromatic rings. The van der Waals surface area contributed by atoms with E-state index >= 15 is 0 Å². The van der Waals surface area contributed by atoms with Gasteiger partial charge in [0.25, 0.3) is 5.56 Å². The van der Waals surface area contributed by atoms with E-state index in [4.69, 9.17) is 4.84 Å². The van der Waals surface area contributed by atoms with Gasteiger partial charge >= 0.3 is 0 Å². The number of carbonyl (C=O) groups is 1. The van der Waals surface area contributed by atoms with Gasteiger partial charge in [0.05, 0.1) is 23.8 Å². The van der Waals surface area contributed by atoms with Gasteiger partial charge in [-0.25, -0.2) is 10.5 Å². The number of carbonyl (C=O) groups excluding carboxylic acids is 1. The van der Waals surface area contributed by atoms with Gasteiger partial charge < -0.3 is 0 Å². The third-order valence-electron chi connectivity index (χ3n) is 2.64. The summed E-state index contributed by atoms with van der Waals surface area (Å²) in [6.07, 6.45) is 1.62. The average Bonchev–Trinajstić information content (AvgIpc) is 2.44. The second-order valence-electron chi connectivity index (χ2n) is 3.97. The van der Waals surface area contributed by atoms with Crippen LogP contribution in [0.15, 0.2) is 35.4 Å². The van der Waals surface area contributed by atoms with Crippen molar-refractivity contribution in [2.75, 3.05) is 6.61 Å². The predicted octanol–water partition coefficient (Wildman–Crippen LogP) is 0.854. The van der Waals surface area contributed by atoms with Crippen LogP contribution in [0.4, 0.5) is 0 Å². The normalized spacial score (nSPS) is 10.6. The standard InChI is InChI=1S/C13H15N3O3/c1-2-19-15-12(17)7-8-16-9-14-11-6-4-3-5-10(11)13(16)18/h3-6,9H,2,7-8H2,1H3,(H,15,17). The van der Waals surface area contributed by atoms with Crippen LogP contribution in [0, 0.1) is 0 Å². The SMILES string of the molecule is CCONC(=O)CCn1cnc2ccccc2c1=O. The zero-order valence-corrected chi connectivity index (χ0v) is 10.6. The zero-order valence-electron chi connectivity index (χ0n) is 10.6. The number of rotatable bonds is 5. The summed E-state index contributed by atoms with van der Waals surface area (Å²) in [6.45, 7) is 2.46. The number of fused-ring (bicyclic) bond motifs is 1. The summed E-state index contributed by atoms with van der Waals surface area (Å²) in [5, 5.41) is 0.551. The maximum atomic E-state index is 12.1. The summed E-state index contributed by atoms with van der Waals surface area (Å²) < 4.78 is 1.42. The Bertz CT molecular complexity index is 636. The van der Waals surface area contributed by atoms with Gasteiger partial charge in [-0.15, -0.1) is 0 Å². The highest BCUT2D eigenvalue weighted by molar-refractivity contribution is 5.77. The molecular weight excluding hydrogens is 246 g/mol. The molecule has 0 saturated carbocycles. The molecule has 0 atom stereocenters. The van der Waals surface area contributed by atoms with Crippen LogP contribution in [0.25, 0.3) is 10.9 Å². The summed E-state index contributed by atoms with van der Waals surface area (Å²) in [7, 11) is 0. The fraction of sp³-hybridized carbons (Fsp3) is 0.308. The van der Waals surface area contributed by atoms with Crippen LogP contribution in [0.5, 0.6) is 0 Å².